The van der Waals surface area contributed by atoms with Crippen molar-refractivity contribution in [2.24, 2.45) is 5.92 Å². The number of nitrogens with zero attached hydrogens (tertiary/aromatic N) is 1. The molecule has 1 fully saturated rings. The molecule has 15 heavy (non-hydrogen) atoms. The number of rotatable bonds is 1. The lowest BCUT2D eigenvalue weighted by Crippen LogP contribution is -2.53. The first-order valence-electron chi connectivity index (χ1n) is 5.36. The minimum absolute atomic E-state index is 0.712. The highest BCUT2D eigenvalue weighted by Gasteiger charge is 2.32. The predicted octanol–water partition coefficient (Wildman–Crippen LogP) is 2.61. The second kappa shape index (κ2) is 3.72. The van der Waals surface area contributed by atoms with Crippen molar-refractivity contribution < 1.29 is 0 Å². The number of hydrogen-bond acceptors (Lipinski definition) is 2. The van der Waals surface area contributed by atoms with Gasteiger partial charge in [0.05, 0.1) is 0 Å². The lowest BCUT2D eigenvalue weighted by Gasteiger charge is -2.41. The molecule has 1 aromatic heterocycles. The van der Waals surface area contributed by atoms with Gasteiger partial charge in [0.15, 0.2) is 0 Å². The van der Waals surface area contributed by atoms with E-state index >= 15 is 0 Å². The maximum absolute atomic E-state index is 4.21. The molecule has 2 atom stereocenters. The summed E-state index contributed by atoms with van der Waals surface area (Å²) in [6, 6.07) is 2.86. The summed E-state index contributed by atoms with van der Waals surface area (Å²) in [7, 11) is 0. The van der Waals surface area contributed by atoms with Gasteiger partial charge in [-0.15, -0.1) is 0 Å². The zero-order valence-corrected chi connectivity index (χ0v) is 10.00. The topological polar surface area (TPSA) is 24.9 Å². The SMILES string of the molecule is Brc1cncc(C2=CC[C@H]3CN[C@H]3C2)c1. The van der Waals surface area contributed by atoms with E-state index in [4.69, 9.17) is 0 Å². The number of nitrogens with one attached hydrogen (secondary N) is 1. The summed E-state index contributed by atoms with van der Waals surface area (Å²) >= 11 is 3.46. The summed E-state index contributed by atoms with van der Waals surface area (Å²) in [6.07, 6.45) is 8.54. The molecule has 0 bridgehead atoms. The number of aromatic nitrogens is 1. The molecule has 0 amide bonds. The van der Waals surface area contributed by atoms with E-state index in [1.54, 1.807) is 0 Å². The van der Waals surface area contributed by atoms with Crippen LogP contribution >= 0.6 is 15.9 Å². The van der Waals surface area contributed by atoms with E-state index in [0.29, 0.717) is 6.04 Å². The first kappa shape index (κ1) is 9.55. The minimum Gasteiger partial charge on any atom is -0.313 e. The van der Waals surface area contributed by atoms with Crippen LogP contribution in [0.25, 0.3) is 5.57 Å². The van der Waals surface area contributed by atoms with E-state index in [1.165, 1.54) is 24.1 Å². The van der Waals surface area contributed by atoms with Crippen molar-refractivity contribution in [2.75, 3.05) is 6.54 Å². The molecule has 0 spiro atoms. The molecule has 0 aromatic carbocycles. The van der Waals surface area contributed by atoms with Gasteiger partial charge >= 0.3 is 0 Å². The smallest absolute Gasteiger partial charge is 0.0410 e. The van der Waals surface area contributed by atoms with Crippen LogP contribution in [-0.4, -0.2) is 17.6 Å². The third-order valence-electron chi connectivity index (χ3n) is 3.39. The quantitative estimate of drug-likeness (QED) is 0.844. The standard InChI is InChI=1S/C12H13BrN2/c13-11-3-10(5-14-7-11)8-1-2-9-6-15-12(9)4-8/h1,3,5,7,9,12,15H,2,4,6H2/t9-,12-/m0/s1. The van der Waals surface area contributed by atoms with Crippen LogP contribution in [0.4, 0.5) is 0 Å². The van der Waals surface area contributed by atoms with E-state index in [1.807, 2.05) is 12.4 Å². The van der Waals surface area contributed by atoms with Crippen LogP contribution in [0.15, 0.2) is 29.0 Å². The molecule has 2 heterocycles. The van der Waals surface area contributed by atoms with Gasteiger partial charge in [0.25, 0.3) is 0 Å². The molecule has 1 saturated heterocycles. The van der Waals surface area contributed by atoms with Crippen molar-refractivity contribution in [3.05, 3.63) is 34.6 Å². The number of pyridine rings is 1. The van der Waals surface area contributed by atoms with E-state index in [-0.39, 0.29) is 0 Å². The monoisotopic (exact) mass is 264 g/mol. The Labute approximate surface area is 97.9 Å². The highest BCUT2D eigenvalue weighted by atomic mass is 79.9. The van der Waals surface area contributed by atoms with Crippen LogP contribution in [0, 0.1) is 5.92 Å². The number of allylic oxidation sites excluding steroid dienone is 1. The molecule has 0 unspecified atom stereocenters. The Morgan fingerprint density at radius 2 is 2.33 bits per heavy atom. The molecule has 1 N–H and O–H groups in total. The zero-order chi connectivity index (χ0) is 10.3. The van der Waals surface area contributed by atoms with Crippen LogP contribution in [0.2, 0.25) is 0 Å². The van der Waals surface area contributed by atoms with E-state index in [0.717, 1.165) is 16.8 Å². The van der Waals surface area contributed by atoms with Crippen LogP contribution < -0.4 is 5.32 Å². The van der Waals surface area contributed by atoms with Gasteiger partial charge in [-0.05, 0) is 51.9 Å². The summed E-state index contributed by atoms with van der Waals surface area (Å²) in [5.74, 6) is 0.883. The Morgan fingerprint density at radius 3 is 3.00 bits per heavy atom. The summed E-state index contributed by atoms with van der Waals surface area (Å²) < 4.78 is 1.06. The molecule has 3 heteroatoms. The maximum Gasteiger partial charge on any atom is 0.0410 e. The Kier molecular flexibility index (Phi) is 2.37. The predicted molar refractivity (Wildman–Crippen MR) is 64.4 cm³/mol. The van der Waals surface area contributed by atoms with Gasteiger partial charge in [0, 0.05) is 29.5 Å². The van der Waals surface area contributed by atoms with Crippen molar-refractivity contribution in [1.82, 2.24) is 10.3 Å². The molecule has 3 rings (SSSR count). The molecule has 2 aliphatic rings. The van der Waals surface area contributed by atoms with Crippen molar-refractivity contribution in [3.8, 4) is 0 Å². The van der Waals surface area contributed by atoms with Gasteiger partial charge in [-0.2, -0.15) is 0 Å². The van der Waals surface area contributed by atoms with Gasteiger partial charge in [-0.3, -0.25) is 4.98 Å². The lowest BCUT2D eigenvalue weighted by atomic mass is 9.78. The van der Waals surface area contributed by atoms with Crippen molar-refractivity contribution in [2.45, 2.75) is 18.9 Å². The molecule has 1 aliphatic carbocycles. The van der Waals surface area contributed by atoms with Crippen molar-refractivity contribution in [1.29, 1.82) is 0 Å². The highest BCUT2D eigenvalue weighted by molar-refractivity contribution is 9.10. The van der Waals surface area contributed by atoms with Gasteiger partial charge in [-0.1, -0.05) is 6.08 Å². The van der Waals surface area contributed by atoms with E-state index < -0.39 is 0 Å². The van der Waals surface area contributed by atoms with Crippen LogP contribution in [0.3, 0.4) is 0 Å². The number of fused-ring (bicyclic) bond motifs is 1. The van der Waals surface area contributed by atoms with Crippen molar-refractivity contribution >= 4 is 21.5 Å². The van der Waals surface area contributed by atoms with E-state index in [9.17, 15) is 0 Å². The molecular weight excluding hydrogens is 252 g/mol. The van der Waals surface area contributed by atoms with Crippen molar-refractivity contribution in [3.63, 3.8) is 0 Å². The summed E-state index contributed by atoms with van der Waals surface area (Å²) in [6.45, 7) is 1.20. The highest BCUT2D eigenvalue weighted by Crippen LogP contribution is 2.34. The normalized spacial score (nSPS) is 29.0. The Morgan fingerprint density at radius 1 is 1.40 bits per heavy atom. The first-order valence-corrected chi connectivity index (χ1v) is 6.15. The molecule has 1 aliphatic heterocycles. The third kappa shape index (κ3) is 1.74. The summed E-state index contributed by atoms with van der Waals surface area (Å²) in [4.78, 5) is 4.21. The minimum atomic E-state index is 0.712. The fourth-order valence-corrected chi connectivity index (χ4v) is 2.74. The zero-order valence-electron chi connectivity index (χ0n) is 8.41. The third-order valence-corrected chi connectivity index (χ3v) is 3.83. The Hall–Kier alpha value is -0.670. The van der Waals surface area contributed by atoms with Gasteiger partial charge in [0.1, 0.15) is 0 Å². The van der Waals surface area contributed by atoms with Gasteiger partial charge < -0.3 is 5.32 Å². The van der Waals surface area contributed by atoms with Gasteiger partial charge in [0.2, 0.25) is 0 Å². The molecule has 2 nitrogen and oxygen atoms in total. The molecule has 0 saturated carbocycles. The second-order valence-electron chi connectivity index (χ2n) is 4.34. The average molecular weight is 265 g/mol. The molecule has 78 valence electrons. The average Bonchev–Trinajstić information content (AvgIpc) is 2.20. The summed E-state index contributed by atoms with van der Waals surface area (Å²) in [5.41, 5.74) is 2.70. The fourth-order valence-electron chi connectivity index (χ4n) is 2.37. The largest absolute Gasteiger partial charge is 0.313 e. The molecular formula is C12H13BrN2. The van der Waals surface area contributed by atoms with E-state index in [2.05, 4.69) is 38.4 Å². The summed E-state index contributed by atoms with van der Waals surface area (Å²) in [5, 5.41) is 3.49. The first-order chi connectivity index (χ1) is 7.33. The lowest BCUT2D eigenvalue weighted by molar-refractivity contribution is 0.231. The molecule has 1 aromatic rings. The molecule has 0 radical (unpaired) electrons. The second-order valence-corrected chi connectivity index (χ2v) is 5.25. The van der Waals surface area contributed by atoms with Crippen LogP contribution in [-0.2, 0) is 0 Å². The number of halogens is 1. The number of hydrogen-bond donors (Lipinski definition) is 1. The fraction of sp³-hybridized carbons (Fsp3) is 0.417. The van der Waals surface area contributed by atoms with Crippen LogP contribution in [0.5, 0.6) is 0 Å². The van der Waals surface area contributed by atoms with Gasteiger partial charge in [-0.25, -0.2) is 0 Å². The Balaban J connectivity index is 1.88. The Bertz CT molecular complexity index is 414. The van der Waals surface area contributed by atoms with Crippen LogP contribution in [0.1, 0.15) is 18.4 Å². The maximum atomic E-state index is 4.21.